The predicted octanol–water partition coefficient (Wildman–Crippen LogP) is 2.97. The summed E-state index contributed by atoms with van der Waals surface area (Å²) in [5.41, 5.74) is 6.56. The molecule has 9 nitrogen and oxygen atoms in total. The van der Waals surface area contributed by atoms with Gasteiger partial charge in [0, 0.05) is 36.4 Å². The Labute approximate surface area is 221 Å². The van der Waals surface area contributed by atoms with E-state index < -0.39 is 48.4 Å². The van der Waals surface area contributed by atoms with Crippen LogP contribution in [0.5, 0.6) is 0 Å². The number of alkyl halides is 2. The van der Waals surface area contributed by atoms with E-state index in [0.29, 0.717) is 34.1 Å². The van der Waals surface area contributed by atoms with E-state index in [2.05, 4.69) is 10.3 Å². The number of nitrogens with one attached hydrogen (secondary N) is 1. The van der Waals surface area contributed by atoms with Gasteiger partial charge in [0.25, 0.3) is 5.92 Å². The van der Waals surface area contributed by atoms with Crippen LogP contribution in [0.1, 0.15) is 35.5 Å². The number of halogens is 3. The first kappa shape index (κ1) is 26.2. The van der Waals surface area contributed by atoms with Crippen LogP contribution in [0.2, 0.25) is 0 Å². The van der Waals surface area contributed by atoms with Crippen LogP contribution >= 0.6 is 11.3 Å². The fourth-order valence-electron chi connectivity index (χ4n) is 5.54. The number of likely N-dealkylation sites (tertiary alicyclic amines) is 2. The number of carbonyl (C=O) groups excluding carboxylic acids is 2. The van der Waals surface area contributed by atoms with Gasteiger partial charge in [-0.1, -0.05) is 12.1 Å². The summed E-state index contributed by atoms with van der Waals surface area (Å²) >= 11 is 1.31. The molecular formula is C25H27F3N6O3S. The molecule has 0 saturated carbocycles. The van der Waals surface area contributed by atoms with Crippen molar-refractivity contribution in [2.45, 2.75) is 44.3 Å². The van der Waals surface area contributed by atoms with Crippen molar-refractivity contribution < 1.29 is 27.5 Å². The number of amidine groups is 1. The third-order valence-electron chi connectivity index (χ3n) is 7.19. The molecule has 3 N–H and O–H groups in total. The first-order valence-corrected chi connectivity index (χ1v) is 13.1. The molecule has 2 saturated heterocycles. The lowest BCUT2D eigenvalue weighted by Crippen LogP contribution is -2.49. The van der Waals surface area contributed by atoms with Crippen molar-refractivity contribution in [1.82, 2.24) is 20.1 Å². The van der Waals surface area contributed by atoms with Gasteiger partial charge in [0.2, 0.25) is 0 Å². The number of carbonyl (C=O) groups is 2. The summed E-state index contributed by atoms with van der Waals surface area (Å²) in [7, 11) is 0. The zero-order valence-electron chi connectivity index (χ0n) is 20.8. The summed E-state index contributed by atoms with van der Waals surface area (Å²) in [5, 5.41) is 5.42. The Kier molecular flexibility index (Phi) is 6.90. The highest BCUT2D eigenvalue weighted by Gasteiger charge is 2.60. The van der Waals surface area contributed by atoms with Crippen molar-refractivity contribution in [2.24, 2.45) is 10.7 Å². The van der Waals surface area contributed by atoms with E-state index in [1.54, 1.807) is 36.4 Å². The molecule has 0 aliphatic carbocycles. The Morgan fingerprint density at radius 1 is 1.34 bits per heavy atom. The third kappa shape index (κ3) is 4.53. The molecule has 202 valence electrons. The highest BCUT2D eigenvalue weighted by Crippen LogP contribution is 2.42. The number of ether oxygens (including phenoxy) is 1. The largest absolute Gasteiger partial charge is 0.463 e. The van der Waals surface area contributed by atoms with E-state index in [4.69, 9.17) is 15.5 Å². The van der Waals surface area contributed by atoms with Gasteiger partial charge in [0.15, 0.2) is 10.8 Å². The number of amides is 2. The van der Waals surface area contributed by atoms with Crippen LogP contribution in [0, 0.1) is 12.7 Å². The summed E-state index contributed by atoms with van der Waals surface area (Å²) in [6.07, 6.45) is 1.91. The smallest absolute Gasteiger partial charge is 0.338 e. The number of benzene rings is 1. The Morgan fingerprint density at radius 3 is 2.82 bits per heavy atom. The minimum atomic E-state index is -3.19. The summed E-state index contributed by atoms with van der Waals surface area (Å²) in [6.45, 7) is 2.74. The molecule has 3 atom stereocenters. The van der Waals surface area contributed by atoms with Crippen LogP contribution < -0.4 is 11.1 Å². The average Bonchev–Trinajstić information content (AvgIpc) is 3.60. The molecule has 13 heteroatoms. The second-order valence-corrected chi connectivity index (χ2v) is 10.3. The standard InChI is InChI=1S/C25H27F3N6O3S/c1-3-37-23(35)18-16(11-33-12-25(27,28)20-17(33)7-9-34(20)24(29)36)31-21(22-30-8-10-38-22)32-19(18)14-5-4-6-15(26)13(14)2/h4-6,8,10,17,19-20H,3,7,9,11-12H2,1-2H3,(H2,29,36)(H,31,32)/t17-,19-,20+/m0/s1. The molecule has 2 aromatic rings. The normalized spacial score (nSPS) is 24.7. The zero-order chi connectivity index (χ0) is 27.2. The van der Waals surface area contributed by atoms with Crippen molar-refractivity contribution in [3.63, 3.8) is 0 Å². The Bertz CT molecular complexity index is 1320. The quantitative estimate of drug-likeness (QED) is 0.537. The summed E-state index contributed by atoms with van der Waals surface area (Å²) in [6, 6.07) is 0.664. The van der Waals surface area contributed by atoms with Gasteiger partial charge in [0.05, 0.1) is 18.7 Å². The molecule has 0 radical (unpaired) electrons. The third-order valence-corrected chi connectivity index (χ3v) is 7.97. The molecule has 0 spiro atoms. The monoisotopic (exact) mass is 548 g/mol. The van der Waals surface area contributed by atoms with Crippen LogP contribution in [-0.4, -0.2) is 76.9 Å². The van der Waals surface area contributed by atoms with Crippen LogP contribution in [0.25, 0.3) is 0 Å². The van der Waals surface area contributed by atoms with Crippen molar-refractivity contribution in [3.8, 4) is 0 Å². The molecule has 2 fully saturated rings. The predicted molar refractivity (Wildman–Crippen MR) is 134 cm³/mol. The average molecular weight is 549 g/mol. The van der Waals surface area contributed by atoms with E-state index in [9.17, 15) is 14.0 Å². The molecule has 0 unspecified atom stereocenters. The van der Waals surface area contributed by atoms with Crippen molar-refractivity contribution in [2.75, 3.05) is 26.2 Å². The lowest BCUT2D eigenvalue weighted by Gasteiger charge is -2.31. The second kappa shape index (κ2) is 10.0. The minimum Gasteiger partial charge on any atom is -0.463 e. The number of rotatable bonds is 6. The summed E-state index contributed by atoms with van der Waals surface area (Å²) < 4.78 is 50.2. The van der Waals surface area contributed by atoms with Gasteiger partial charge in [-0.05, 0) is 37.5 Å². The van der Waals surface area contributed by atoms with Gasteiger partial charge in [-0.3, -0.25) is 9.89 Å². The van der Waals surface area contributed by atoms with Gasteiger partial charge in [0.1, 0.15) is 17.9 Å². The SMILES string of the molecule is CCOC(=O)C1=C(CN2CC(F)(F)[C@H]3[C@@H]2CCN3C(N)=O)NC(c2nccs2)=N[C@H]1c1cccc(F)c1C. The van der Waals surface area contributed by atoms with Crippen molar-refractivity contribution in [1.29, 1.82) is 0 Å². The molecule has 1 aromatic carbocycles. The lowest BCUT2D eigenvalue weighted by atomic mass is 9.92. The molecule has 4 heterocycles. The number of urea groups is 1. The van der Waals surface area contributed by atoms with Gasteiger partial charge in [-0.25, -0.2) is 27.7 Å². The number of hydrogen-bond donors (Lipinski definition) is 2. The first-order valence-electron chi connectivity index (χ1n) is 12.2. The molecule has 5 rings (SSSR count). The van der Waals surface area contributed by atoms with Gasteiger partial charge in [-0.15, -0.1) is 11.3 Å². The number of aliphatic imine (C=N–C) groups is 1. The highest BCUT2D eigenvalue weighted by molar-refractivity contribution is 7.11. The number of hydrogen-bond acceptors (Lipinski definition) is 8. The van der Waals surface area contributed by atoms with Crippen LogP contribution in [0.15, 0.2) is 46.0 Å². The molecule has 38 heavy (non-hydrogen) atoms. The van der Waals surface area contributed by atoms with Crippen molar-refractivity contribution in [3.05, 3.63) is 63.0 Å². The van der Waals surface area contributed by atoms with Crippen molar-refractivity contribution >= 4 is 29.2 Å². The number of nitrogens with two attached hydrogens (primary N) is 1. The Morgan fingerprint density at radius 2 is 2.13 bits per heavy atom. The number of aromatic nitrogens is 1. The molecule has 3 aliphatic rings. The fourth-order valence-corrected chi connectivity index (χ4v) is 6.12. The highest BCUT2D eigenvalue weighted by atomic mass is 32.1. The topological polar surface area (TPSA) is 113 Å². The number of fused-ring (bicyclic) bond motifs is 1. The van der Waals surface area contributed by atoms with Gasteiger partial charge < -0.3 is 20.7 Å². The van der Waals surface area contributed by atoms with E-state index in [1.807, 2.05) is 0 Å². The van der Waals surface area contributed by atoms with E-state index in [1.165, 1.54) is 23.5 Å². The van der Waals surface area contributed by atoms with E-state index in [-0.39, 0.29) is 25.3 Å². The number of thiazole rings is 1. The van der Waals surface area contributed by atoms with Crippen LogP contribution in [-0.2, 0) is 9.53 Å². The zero-order valence-corrected chi connectivity index (χ0v) is 21.6. The molecule has 2 amide bonds. The van der Waals surface area contributed by atoms with Crippen LogP contribution in [0.4, 0.5) is 18.0 Å². The second-order valence-electron chi connectivity index (χ2n) is 9.41. The maximum atomic E-state index is 15.1. The lowest BCUT2D eigenvalue weighted by molar-refractivity contribution is -0.139. The van der Waals surface area contributed by atoms with E-state index in [0.717, 1.165) is 4.90 Å². The maximum Gasteiger partial charge on any atom is 0.338 e. The molecule has 3 aliphatic heterocycles. The maximum absolute atomic E-state index is 15.1. The molecular weight excluding hydrogens is 521 g/mol. The summed E-state index contributed by atoms with van der Waals surface area (Å²) in [5.74, 6) is -4.00. The van der Waals surface area contributed by atoms with Gasteiger partial charge >= 0.3 is 12.0 Å². The number of primary amides is 1. The minimum absolute atomic E-state index is 0.0766. The summed E-state index contributed by atoms with van der Waals surface area (Å²) in [4.78, 5) is 36.8. The number of nitrogens with zero attached hydrogens (tertiary/aromatic N) is 4. The molecule has 0 bridgehead atoms. The fraction of sp³-hybridized carbons (Fsp3) is 0.440. The Hall–Kier alpha value is -3.45. The first-order chi connectivity index (χ1) is 18.1. The number of esters is 1. The van der Waals surface area contributed by atoms with Crippen LogP contribution in [0.3, 0.4) is 0 Å². The molecule has 1 aromatic heterocycles. The Balaban J connectivity index is 1.60. The van der Waals surface area contributed by atoms with E-state index >= 15 is 8.78 Å². The van der Waals surface area contributed by atoms with Gasteiger partial charge in [-0.2, -0.15) is 0 Å².